The third-order valence-corrected chi connectivity index (χ3v) is 2.92. The Bertz CT molecular complexity index is 609. The minimum Gasteiger partial charge on any atom is -0.476 e. The molecule has 0 radical (unpaired) electrons. The number of carbonyl (C=O) groups is 2. The van der Waals surface area contributed by atoms with E-state index in [2.05, 4.69) is 15.3 Å². The predicted octanol–water partition coefficient (Wildman–Crippen LogP) is 1.80. The van der Waals surface area contributed by atoms with Crippen LogP contribution in [0.1, 0.15) is 25.9 Å². The molecule has 92 valence electrons. The van der Waals surface area contributed by atoms with Crippen molar-refractivity contribution in [2.24, 2.45) is 0 Å². The normalized spacial score (nSPS) is 10.1. The first-order valence-corrected chi connectivity index (χ1v) is 5.87. The molecular weight excluding hydrogens is 254 g/mol. The maximum atomic E-state index is 11.8. The van der Waals surface area contributed by atoms with Crippen molar-refractivity contribution in [2.45, 2.75) is 6.92 Å². The van der Waals surface area contributed by atoms with E-state index >= 15 is 0 Å². The number of aryl methyl sites for hydroxylation is 1. The third-order valence-electron chi connectivity index (χ3n) is 2.07. The van der Waals surface area contributed by atoms with Gasteiger partial charge in [-0.05, 0) is 24.6 Å². The summed E-state index contributed by atoms with van der Waals surface area (Å²) in [4.78, 5) is 30.1. The molecule has 0 aliphatic rings. The summed E-state index contributed by atoms with van der Waals surface area (Å²) in [5, 5.41) is 12.7. The monoisotopic (exact) mass is 263 g/mol. The van der Waals surface area contributed by atoms with Gasteiger partial charge in [0.2, 0.25) is 0 Å². The van der Waals surface area contributed by atoms with Crippen LogP contribution in [0.3, 0.4) is 0 Å². The van der Waals surface area contributed by atoms with Crippen molar-refractivity contribution >= 4 is 29.0 Å². The molecule has 0 saturated heterocycles. The molecule has 0 spiro atoms. The molecule has 0 fully saturated rings. The van der Waals surface area contributed by atoms with Crippen LogP contribution < -0.4 is 5.32 Å². The lowest BCUT2D eigenvalue weighted by Gasteiger charge is -2.02. The first-order chi connectivity index (χ1) is 8.56. The van der Waals surface area contributed by atoms with Gasteiger partial charge in [0.05, 0.1) is 0 Å². The highest BCUT2D eigenvalue weighted by atomic mass is 32.1. The lowest BCUT2D eigenvalue weighted by atomic mass is 10.3. The molecule has 2 N–H and O–H groups in total. The highest BCUT2D eigenvalue weighted by Gasteiger charge is 2.15. The Morgan fingerprint density at radius 1 is 1.44 bits per heavy atom. The Morgan fingerprint density at radius 2 is 2.22 bits per heavy atom. The second-order valence-electron chi connectivity index (χ2n) is 3.52. The Morgan fingerprint density at radius 3 is 2.83 bits per heavy atom. The van der Waals surface area contributed by atoms with Gasteiger partial charge in [-0.2, -0.15) is 0 Å². The molecule has 2 heterocycles. The van der Waals surface area contributed by atoms with Gasteiger partial charge in [0.25, 0.3) is 5.91 Å². The molecule has 0 atom stereocenters. The number of pyridine rings is 1. The number of rotatable bonds is 3. The maximum Gasteiger partial charge on any atom is 0.355 e. The van der Waals surface area contributed by atoms with E-state index in [0.29, 0.717) is 5.82 Å². The van der Waals surface area contributed by atoms with E-state index in [1.165, 1.54) is 5.38 Å². The Labute approximate surface area is 106 Å². The molecule has 18 heavy (non-hydrogen) atoms. The van der Waals surface area contributed by atoms with Crippen molar-refractivity contribution < 1.29 is 14.7 Å². The summed E-state index contributed by atoms with van der Waals surface area (Å²) >= 11 is 0.978. The number of carboxylic acid groups (broad SMARTS) is 1. The van der Waals surface area contributed by atoms with Crippen LogP contribution in [-0.2, 0) is 0 Å². The van der Waals surface area contributed by atoms with Gasteiger partial charge in [0.1, 0.15) is 5.82 Å². The number of hydrogen-bond donors (Lipinski definition) is 2. The average Bonchev–Trinajstić information content (AvgIpc) is 2.78. The Balaban J connectivity index is 2.14. The highest BCUT2D eigenvalue weighted by Crippen LogP contribution is 2.12. The van der Waals surface area contributed by atoms with Crippen molar-refractivity contribution in [1.82, 2.24) is 9.97 Å². The van der Waals surface area contributed by atoms with Crippen LogP contribution in [0.5, 0.6) is 0 Å². The fraction of sp³-hybridized carbons (Fsp3) is 0.0909. The van der Waals surface area contributed by atoms with E-state index in [1.807, 2.05) is 13.0 Å². The van der Waals surface area contributed by atoms with Crippen molar-refractivity contribution in [3.8, 4) is 0 Å². The average molecular weight is 263 g/mol. The first kappa shape index (κ1) is 12.2. The van der Waals surface area contributed by atoms with E-state index in [1.54, 1.807) is 12.3 Å². The van der Waals surface area contributed by atoms with Crippen LogP contribution in [-0.4, -0.2) is 27.0 Å². The summed E-state index contributed by atoms with van der Waals surface area (Å²) in [5.41, 5.74) is 0.827. The Kier molecular flexibility index (Phi) is 3.33. The molecule has 0 aliphatic carbocycles. The molecule has 0 bridgehead atoms. The molecule has 2 rings (SSSR count). The van der Waals surface area contributed by atoms with Gasteiger partial charge >= 0.3 is 5.97 Å². The fourth-order valence-electron chi connectivity index (χ4n) is 1.25. The molecule has 1 amide bonds. The van der Waals surface area contributed by atoms with E-state index in [-0.39, 0.29) is 10.7 Å². The van der Waals surface area contributed by atoms with Gasteiger partial charge in [-0.15, -0.1) is 11.3 Å². The number of amides is 1. The second kappa shape index (κ2) is 4.92. The second-order valence-corrected chi connectivity index (χ2v) is 4.37. The summed E-state index contributed by atoms with van der Waals surface area (Å²) < 4.78 is 0. The number of thiazole rings is 1. The minimum absolute atomic E-state index is 0.0932. The molecule has 2 aromatic heterocycles. The number of anilines is 1. The van der Waals surface area contributed by atoms with Crippen molar-refractivity contribution in [3.05, 3.63) is 40.0 Å². The van der Waals surface area contributed by atoms with Crippen LogP contribution in [0.4, 0.5) is 5.82 Å². The smallest absolute Gasteiger partial charge is 0.355 e. The number of nitrogens with zero attached hydrogens (tertiary/aromatic N) is 2. The van der Waals surface area contributed by atoms with Crippen molar-refractivity contribution in [3.63, 3.8) is 0 Å². The van der Waals surface area contributed by atoms with Gasteiger partial charge in [-0.1, -0.05) is 0 Å². The predicted molar refractivity (Wildman–Crippen MR) is 66.0 cm³/mol. The molecule has 0 aliphatic heterocycles. The molecule has 0 aromatic carbocycles. The van der Waals surface area contributed by atoms with Crippen LogP contribution >= 0.6 is 11.3 Å². The number of aromatic carboxylic acids is 1. The molecule has 2 aromatic rings. The molecule has 0 saturated carbocycles. The van der Waals surface area contributed by atoms with Gasteiger partial charge < -0.3 is 10.4 Å². The quantitative estimate of drug-likeness (QED) is 0.880. The number of carbonyl (C=O) groups excluding carboxylic acids is 1. The van der Waals surface area contributed by atoms with Gasteiger partial charge in [0.15, 0.2) is 10.7 Å². The molecule has 0 unspecified atom stereocenters. The zero-order valence-corrected chi connectivity index (χ0v) is 10.2. The van der Waals surface area contributed by atoms with Crippen LogP contribution in [0, 0.1) is 6.92 Å². The number of nitrogens with one attached hydrogen (secondary N) is 1. The zero-order chi connectivity index (χ0) is 13.1. The zero-order valence-electron chi connectivity index (χ0n) is 9.38. The summed E-state index contributed by atoms with van der Waals surface area (Å²) in [6.07, 6.45) is 1.58. The van der Waals surface area contributed by atoms with Gasteiger partial charge in [-0.3, -0.25) is 4.79 Å². The molecular formula is C11H9N3O3S. The summed E-state index contributed by atoms with van der Waals surface area (Å²) in [6.45, 7) is 1.88. The number of hydrogen-bond acceptors (Lipinski definition) is 5. The largest absolute Gasteiger partial charge is 0.476 e. The summed E-state index contributed by atoms with van der Waals surface area (Å²) in [6, 6.07) is 3.52. The fourth-order valence-corrected chi connectivity index (χ4v) is 1.94. The molecule has 6 nitrogen and oxygen atoms in total. The lowest BCUT2D eigenvalue weighted by molar-refractivity contribution is 0.0691. The van der Waals surface area contributed by atoms with Crippen molar-refractivity contribution in [2.75, 3.05) is 5.32 Å². The number of aromatic nitrogens is 2. The topological polar surface area (TPSA) is 92.2 Å². The van der Waals surface area contributed by atoms with E-state index in [0.717, 1.165) is 16.9 Å². The number of carboxylic acids is 1. The van der Waals surface area contributed by atoms with Crippen molar-refractivity contribution in [1.29, 1.82) is 0 Å². The lowest BCUT2D eigenvalue weighted by Crippen LogP contribution is -2.13. The summed E-state index contributed by atoms with van der Waals surface area (Å²) in [7, 11) is 0. The van der Waals surface area contributed by atoms with Crippen LogP contribution in [0.25, 0.3) is 0 Å². The third kappa shape index (κ3) is 2.69. The van der Waals surface area contributed by atoms with E-state index in [4.69, 9.17) is 5.11 Å². The highest BCUT2D eigenvalue weighted by molar-refractivity contribution is 7.12. The van der Waals surface area contributed by atoms with Crippen LogP contribution in [0.15, 0.2) is 23.7 Å². The standard InChI is InChI=1S/C11H9N3O3S/c1-6-2-3-12-8(4-6)14-9(15)10-13-7(5-18-10)11(16)17/h2-5H,1H3,(H,16,17)(H,12,14,15). The Hall–Kier alpha value is -2.28. The van der Waals surface area contributed by atoms with E-state index in [9.17, 15) is 9.59 Å². The van der Waals surface area contributed by atoms with Gasteiger partial charge in [-0.25, -0.2) is 14.8 Å². The SMILES string of the molecule is Cc1ccnc(NC(=O)c2nc(C(=O)O)cs2)c1. The minimum atomic E-state index is -1.15. The molecule has 7 heteroatoms. The van der Waals surface area contributed by atoms with E-state index < -0.39 is 11.9 Å². The van der Waals surface area contributed by atoms with Crippen LogP contribution in [0.2, 0.25) is 0 Å². The van der Waals surface area contributed by atoms with Gasteiger partial charge in [0, 0.05) is 11.6 Å². The first-order valence-electron chi connectivity index (χ1n) is 4.99. The maximum absolute atomic E-state index is 11.8. The summed E-state index contributed by atoms with van der Waals surface area (Å²) in [5.74, 6) is -1.21.